The molecule has 0 N–H and O–H groups in total. The minimum atomic E-state index is -3.64. The van der Waals surface area contributed by atoms with E-state index >= 15 is 0 Å². The van der Waals surface area contributed by atoms with Crippen LogP contribution in [0.4, 0.5) is 14.5 Å². The van der Waals surface area contributed by atoms with Crippen molar-refractivity contribution in [1.29, 1.82) is 0 Å². The van der Waals surface area contributed by atoms with E-state index in [0.29, 0.717) is 47.7 Å². The van der Waals surface area contributed by atoms with E-state index in [-0.39, 0.29) is 11.6 Å². The number of nitrogens with zero attached hydrogens (tertiary/aromatic N) is 5. The maximum atomic E-state index is 14.5. The Kier molecular flexibility index (Phi) is 5.84. The largest absolute Gasteiger partial charge is 0.349 e. The summed E-state index contributed by atoms with van der Waals surface area (Å²) in [5.74, 6) is -1.21. The van der Waals surface area contributed by atoms with Gasteiger partial charge in [0.05, 0.1) is 10.6 Å². The molecule has 31 heavy (non-hydrogen) atoms. The molecule has 0 spiro atoms. The van der Waals surface area contributed by atoms with Gasteiger partial charge in [0, 0.05) is 31.9 Å². The normalized spacial score (nSPS) is 14.4. The minimum absolute atomic E-state index is 0.129. The fourth-order valence-corrected chi connectivity index (χ4v) is 5.70. The van der Waals surface area contributed by atoms with Gasteiger partial charge in [-0.1, -0.05) is 13.8 Å². The third kappa shape index (κ3) is 3.85. The van der Waals surface area contributed by atoms with Crippen LogP contribution in [0.25, 0.3) is 5.65 Å². The molecule has 0 radical (unpaired) electrons. The standard InChI is InChI=1S/C20H23F2N5O2S2/c1-3-25(4-2)31(28,29)16-7-8-18-23-27(20(30)26(18)12-16)13-24-9-5-6-14-10-15(21)11-17(22)19(14)24/h7-8,10-12H,3-6,9,13H2,1-2H3. The maximum absolute atomic E-state index is 14.5. The number of sulfonamides is 1. The Bertz CT molecular complexity index is 1300. The number of aromatic nitrogens is 3. The number of aryl methyl sites for hydroxylation is 1. The lowest BCUT2D eigenvalue weighted by Gasteiger charge is -2.31. The zero-order valence-electron chi connectivity index (χ0n) is 17.3. The van der Waals surface area contributed by atoms with E-state index in [1.165, 1.54) is 31.7 Å². The summed E-state index contributed by atoms with van der Waals surface area (Å²) >= 11 is 5.53. The third-order valence-corrected chi connectivity index (χ3v) is 7.94. The Morgan fingerprint density at radius 1 is 1.19 bits per heavy atom. The number of fused-ring (bicyclic) bond motifs is 2. The van der Waals surface area contributed by atoms with Crippen LogP contribution in [0.2, 0.25) is 0 Å². The second-order valence-corrected chi connectivity index (χ2v) is 9.67. The van der Waals surface area contributed by atoms with Gasteiger partial charge < -0.3 is 4.90 Å². The fourth-order valence-electron chi connectivity index (χ4n) is 4.00. The topological polar surface area (TPSA) is 62.9 Å². The van der Waals surface area contributed by atoms with Crippen LogP contribution >= 0.6 is 12.2 Å². The first-order chi connectivity index (χ1) is 14.8. The molecular weight excluding hydrogens is 444 g/mol. The number of hydrogen-bond acceptors (Lipinski definition) is 5. The molecule has 0 unspecified atom stereocenters. The summed E-state index contributed by atoms with van der Waals surface area (Å²) < 4.78 is 58.5. The molecular formula is C20H23F2N5O2S2. The summed E-state index contributed by atoms with van der Waals surface area (Å²) in [6, 6.07) is 5.35. The zero-order chi connectivity index (χ0) is 22.3. The van der Waals surface area contributed by atoms with Gasteiger partial charge in [0.25, 0.3) is 0 Å². The Morgan fingerprint density at radius 2 is 1.94 bits per heavy atom. The highest BCUT2D eigenvalue weighted by Crippen LogP contribution is 2.31. The second-order valence-electron chi connectivity index (χ2n) is 7.37. The quantitative estimate of drug-likeness (QED) is 0.519. The van der Waals surface area contributed by atoms with E-state index in [4.69, 9.17) is 12.2 Å². The van der Waals surface area contributed by atoms with Gasteiger partial charge in [-0.3, -0.25) is 4.40 Å². The van der Waals surface area contributed by atoms with Crippen molar-refractivity contribution in [3.05, 3.63) is 52.4 Å². The van der Waals surface area contributed by atoms with Crippen LogP contribution in [-0.4, -0.2) is 46.5 Å². The predicted molar refractivity (Wildman–Crippen MR) is 116 cm³/mol. The van der Waals surface area contributed by atoms with Crippen molar-refractivity contribution in [2.45, 2.75) is 38.3 Å². The number of halogens is 2. The molecule has 0 saturated heterocycles. The van der Waals surface area contributed by atoms with Crippen LogP contribution < -0.4 is 4.90 Å². The Hall–Kier alpha value is -2.37. The van der Waals surface area contributed by atoms with E-state index in [1.54, 1.807) is 24.8 Å². The third-order valence-electron chi connectivity index (χ3n) is 5.50. The molecule has 166 valence electrons. The molecule has 1 aliphatic rings. The number of pyridine rings is 1. The average Bonchev–Trinajstić information content (AvgIpc) is 3.03. The molecule has 4 rings (SSSR count). The van der Waals surface area contributed by atoms with Gasteiger partial charge in [0.15, 0.2) is 5.65 Å². The summed E-state index contributed by atoms with van der Waals surface area (Å²) in [7, 11) is -3.64. The molecule has 0 bridgehead atoms. The molecule has 0 atom stereocenters. The minimum Gasteiger partial charge on any atom is -0.349 e. The van der Waals surface area contributed by atoms with Gasteiger partial charge in [0.2, 0.25) is 14.8 Å². The Morgan fingerprint density at radius 3 is 2.65 bits per heavy atom. The molecule has 3 aromatic rings. The molecule has 11 heteroatoms. The molecule has 1 aliphatic heterocycles. The van der Waals surface area contributed by atoms with E-state index in [1.807, 2.05) is 0 Å². The maximum Gasteiger partial charge on any atom is 0.244 e. The van der Waals surface area contributed by atoms with Gasteiger partial charge in [-0.05, 0) is 48.8 Å². The second kappa shape index (κ2) is 8.29. The molecule has 0 saturated carbocycles. The van der Waals surface area contributed by atoms with Crippen molar-refractivity contribution in [2.75, 3.05) is 24.5 Å². The Labute approximate surface area is 184 Å². The van der Waals surface area contributed by atoms with Crippen molar-refractivity contribution in [3.8, 4) is 0 Å². The number of anilines is 1. The molecule has 0 amide bonds. The van der Waals surface area contributed by atoms with Crippen molar-refractivity contribution in [1.82, 2.24) is 18.5 Å². The highest BCUT2D eigenvalue weighted by Gasteiger charge is 2.24. The van der Waals surface area contributed by atoms with Crippen molar-refractivity contribution < 1.29 is 17.2 Å². The van der Waals surface area contributed by atoms with Crippen LogP contribution in [0.1, 0.15) is 25.8 Å². The van der Waals surface area contributed by atoms with Gasteiger partial charge in [0.1, 0.15) is 18.3 Å². The highest BCUT2D eigenvalue weighted by molar-refractivity contribution is 7.89. The summed E-state index contributed by atoms with van der Waals surface area (Å²) in [6.07, 6.45) is 2.82. The molecule has 3 heterocycles. The molecule has 7 nitrogen and oxygen atoms in total. The van der Waals surface area contributed by atoms with Crippen LogP contribution in [-0.2, 0) is 23.1 Å². The monoisotopic (exact) mass is 467 g/mol. The van der Waals surface area contributed by atoms with Crippen molar-refractivity contribution in [3.63, 3.8) is 0 Å². The summed E-state index contributed by atoms with van der Waals surface area (Å²) in [4.78, 5) is 1.91. The van der Waals surface area contributed by atoms with Crippen LogP contribution in [0.3, 0.4) is 0 Å². The van der Waals surface area contributed by atoms with E-state index < -0.39 is 21.7 Å². The smallest absolute Gasteiger partial charge is 0.244 e. The molecule has 2 aromatic heterocycles. The van der Waals surface area contributed by atoms with Crippen molar-refractivity contribution in [2.24, 2.45) is 0 Å². The lowest BCUT2D eigenvalue weighted by molar-refractivity contribution is 0.445. The predicted octanol–water partition coefficient (Wildman–Crippen LogP) is 3.58. The van der Waals surface area contributed by atoms with E-state index in [0.717, 1.165) is 12.5 Å². The lowest BCUT2D eigenvalue weighted by atomic mass is 10.0. The zero-order valence-corrected chi connectivity index (χ0v) is 18.9. The fraction of sp³-hybridized carbons (Fsp3) is 0.400. The van der Waals surface area contributed by atoms with Crippen molar-refractivity contribution >= 4 is 33.6 Å². The first-order valence-corrected chi connectivity index (χ1v) is 11.9. The highest BCUT2D eigenvalue weighted by atomic mass is 32.2. The van der Waals surface area contributed by atoms with Gasteiger partial charge in [-0.2, -0.15) is 9.40 Å². The summed E-state index contributed by atoms with van der Waals surface area (Å²) in [5.41, 5.74) is 1.46. The van der Waals surface area contributed by atoms with Crippen LogP contribution in [0.5, 0.6) is 0 Å². The van der Waals surface area contributed by atoms with E-state index in [2.05, 4.69) is 5.10 Å². The van der Waals surface area contributed by atoms with Gasteiger partial charge in [-0.15, -0.1) is 0 Å². The SMILES string of the molecule is CCN(CC)S(=O)(=O)c1ccc2nn(CN3CCCc4cc(F)cc(F)c43)c(=S)n2c1. The number of hydrogen-bond donors (Lipinski definition) is 0. The van der Waals surface area contributed by atoms with E-state index in [9.17, 15) is 17.2 Å². The van der Waals surface area contributed by atoms with Crippen LogP contribution in [0.15, 0.2) is 35.4 Å². The first kappa shape index (κ1) is 21.8. The molecule has 0 aliphatic carbocycles. The molecule has 0 fully saturated rings. The first-order valence-electron chi connectivity index (χ1n) is 10.1. The van der Waals surface area contributed by atoms with Gasteiger partial charge in [-0.25, -0.2) is 21.9 Å². The Balaban J connectivity index is 1.72. The average molecular weight is 468 g/mol. The lowest BCUT2D eigenvalue weighted by Crippen LogP contribution is -2.33. The number of benzene rings is 1. The molecule has 1 aromatic carbocycles. The van der Waals surface area contributed by atoms with Crippen LogP contribution in [0, 0.1) is 16.4 Å². The summed E-state index contributed by atoms with van der Waals surface area (Å²) in [5, 5.41) is 4.46. The van der Waals surface area contributed by atoms with Gasteiger partial charge >= 0.3 is 0 Å². The summed E-state index contributed by atoms with van der Waals surface area (Å²) in [6.45, 7) is 5.04. The number of rotatable bonds is 6.